The summed E-state index contributed by atoms with van der Waals surface area (Å²) in [5.74, 6) is 0.231. The van der Waals surface area contributed by atoms with Crippen LogP contribution < -0.4 is 4.74 Å². The van der Waals surface area contributed by atoms with Crippen LogP contribution in [0.1, 0.15) is 0 Å². The van der Waals surface area contributed by atoms with Crippen molar-refractivity contribution < 1.29 is 26.3 Å². The topological polar surface area (TPSA) is 43.4 Å². The molecule has 1 rings (SSSR count). The van der Waals surface area contributed by atoms with Crippen molar-refractivity contribution in [3.05, 3.63) is 30.3 Å². The van der Waals surface area contributed by atoms with E-state index in [9.17, 15) is 13.2 Å². The average molecular weight is 311 g/mol. The molecule has 0 saturated heterocycles. The Morgan fingerprint density at radius 3 is 1.88 bits per heavy atom. The molecule has 0 radical (unpaired) electrons. The van der Waals surface area contributed by atoms with Crippen molar-refractivity contribution in [1.82, 2.24) is 0 Å². The molecular formula is C8H7Cl2F3O3S. The predicted molar refractivity (Wildman–Crippen MR) is 58.6 cm³/mol. The van der Waals surface area contributed by atoms with Gasteiger partial charge in [-0.3, -0.25) is 0 Å². The van der Waals surface area contributed by atoms with Gasteiger partial charge < -0.3 is 4.74 Å². The number of alkyl halides is 3. The maximum Gasteiger partial charge on any atom is 0.422 e. The van der Waals surface area contributed by atoms with E-state index in [1.165, 1.54) is 12.1 Å². The van der Waals surface area contributed by atoms with E-state index in [-0.39, 0.29) is 5.75 Å². The van der Waals surface area contributed by atoms with Gasteiger partial charge in [0, 0.05) is 21.4 Å². The standard InChI is InChI=1S/C8H7F3O.Cl2O2S/c9-8(10,11)6-12-7-4-2-1-3-5-7;1-5(2,3)4/h1-5H,6H2;. The van der Waals surface area contributed by atoms with Crippen molar-refractivity contribution in [2.75, 3.05) is 6.61 Å². The van der Waals surface area contributed by atoms with E-state index < -0.39 is 21.0 Å². The van der Waals surface area contributed by atoms with Crippen LogP contribution in [0.5, 0.6) is 5.75 Å². The first-order chi connectivity index (χ1) is 7.58. The van der Waals surface area contributed by atoms with Crippen molar-refractivity contribution in [3.8, 4) is 5.75 Å². The number of halogens is 5. The van der Waals surface area contributed by atoms with Gasteiger partial charge in [-0.25, -0.2) is 0 Å². The number of rotatable bonds is 2. The second kappa shape index (κ2) is 6.93. The maximum absolute atomic E-state index is 11.6. The molecule has 0 saturated carbocycles. The van der Waals surface area contributed by atoms with Gasteiger partial charge in [0.25, 0.3) is 0 Å². The predicted octanol–water partition coefficient (Wildman–Crippen LogP) is 3.34. The summed E-state index contributed by atoms with van der Waals surface area (Å²) in [6.45, 7) is -1.24. The molecular weight excluding hydrogens is 304 g/mol. The van der Waals surface area contributed by atoms with Gasteiger partial charge >= 0.3 is 14.4 Å². The van der Waals surface area contributed by atoms with Crippen LogP contribution in [0.4, 0.5) is 13.2 Å². The van der Waals surface area contributed by atoms with Crippen molar-refractivity contribution in [2.24, 2.45) is 0 Å². The van der Waals surface area contributed by atoms with Crippen LogP contribution in [0.2, 0.25) is 0 Å². The van der Waals surface area contributed by atoms with Crippen LogP contribution >= 0.6 is 21.4 Å². The highest BCUT2D eigenvalue weighted by Gasteiger charge is 2.28. The quantitative estimate of drug-likeness (QED) is 0.787. The van der Waals surface area contributed by atoms with Crippen LogP contribution in [-0.4, -0.2) is 21.2 Å². The zero-order valence-corrected chi connectivity index (χ0v) is 10.4. The van der Waals surface area contributed by atoms with Gasteiger partial charge in [-0.15, -0.1) is 0 Å². The highest BCUT2D eigenvalue weighted by molar-refractivity contribution is 8.31. The third kappa shape index (κ3) is 15.3. The van der Waals surface area contributed by atoms with Crippen molar-refractivity contribution >= 4 is 29.6 Å². The third-order valence-electron chi connectivity index (χ3n) is 1.15. The maximum atomic E-state index is 11.6. The Bertz CT molecular complexity index is 411. The number of ether oxygens (including phenoxy) is 1. The number of hydrogen-bond donors (Lipinski definition) is 0. The summed E-state index contributed by atoms with van der Waals surface area (Å²) in [5.41, 5.74) is 0. The van der Waals surface area contributed by atoms with Gasteiger partial charge in [-0.2, -0.15) is 21.6 Å². The lowest BCUT2D eigenvalue weighted by atomic mass is 10.3. The fourth-order valence-corrected chi connectivity index (χ4v) is 0.682. The van der Waals surface area contributed by atoms with Crippen molar-refractivity contribution in [3.63, 3.8) is 0 Å². The summed E-state index contributed by atoms with van der Waals surface area (Å²) in [5, 5.41) is 0. The third-order valence-corrected chi connectivity index (χ3v) is 1.15. The Balaban J connectivity index is 0.000000437. The molecule has 0 aliphatic heterocycles. The number of para-hydroxylation sites is 1. The smallest absolute Gasteiger partial charge is 0.422 e. The Morgan fingerprint density at radius 1 is 1.12 bits per heavy atom. The van der Waals surface area contributed by atoms with Gasteiger partial charge in [-0.1, -0.05) is 18.2 Å². The molecule has 0 aromatic heterocycles. The molecule has 0 aliphatic carbocycles. The van der Waals surface area contributed by atoms with Gasteiger partial charge in [0.1, 0.15) is 5.75 Å². The van der Waals surface area contributed by atoms with E-state index in [1.54, 1.807) is 18.2 Å². The molecule has 17 heavy (non-hydrogen) atoms. The molecule has 0 unspecified atom stereocenters. The normalized spacial score (nSPS) is 11.4. The molecule has 0 atom stereocenters. The van der Waals surface area contributed by atoms with Crippen molar-refractivity contribution in [2.45, 2.75) is 6.18 Å². The first kappa shape index (κ1) is 16.3. The van der Waals surface area contributed by atoms with Crippen LogP contribution in [0.15, 0.2) is 30.3 Å². The first-order valence-electron chi connectivity index (χ1n) is 3.97. The van der Waals surface area contributed by atoms with E-state index in [2.05, 4.69) is 26.1 Å². The summed E-state index contributed by atoms with van der Waals surface area (Å²) in [4.78, 5) is 0. The summed E-state index contributed by atoms with van der Waals surface area (Å²) in [6.07, 6.45) is -4.27. The summed E-state index contributed by atoms with van der Waals surface area (Å²) < 4.78 is 57.6. The van der Waals surface area contributed by atoms with E-state index >= 15 is 0 Å². The molecule has 0 heterocycles. The van der Waals surface area contributed by atoms with Crippen LogP contribution in [0.3, 0.4) is 0 Å². The minimum Gasteiger partial charge on any atom is -0.484 e. The summed E-state index contributed by atoms with van der Waals surface area (Å²) >= 11 is 0. The van der Waals surface area contributed by atoms with Crippen LogP contribution in [0.25, 0.3) is 0 Å². The van der Waals surface area contributed by atoms with E-state index in [4.69, 9.17) is 8.42 Å². The molecule has 1 aromatic rings. The molecule has 0 aliphatic rings. The van der Waals surface area contributed by atoms with Crippen LogP contribution in [0, 0.1) is 0 Å². The van der Waals surface area contributed by atoms with Gasteiger partial charge in [0.2, 0.25) is 0 Å². The van der Waals surface area contributed by atoms with Gasteiger partial charge in [-0.05, 0) is 12.1 Å². The highest BCUT2D eigenvalue weighted by Crippen LogP contribution is 2.17. The number of hydrogen-bond acceptors (Lipinski definition) is 3. The van der Waals surface area contributed by atoms with Gasteiger partial charge in [0.15, 0.2) is 6.61 Å². The fourth-order valence-electron chi connectivity index (χ4n) is 0.682. The average Bonchev–Trinajstić information content (AvgIpc) is 2.13. The first-order valence-corrected chi connectivity index (χ1v) is 7.10. The minimum atomic E-state index is -4.27. The second-order valence-electron chi connectivity index (χ2n) is 2.60. The Hall–Kier alpha value is -0.660. The zero-order valence-electron chi connectivity index (χ0n) is 8.12. The summed E-state index contributed by atoms with van der Waals surface area (Å²) in [7, 11) is 4.81. The molecule has 1 aromatic carbocycles. The molecule has 0 fully saturated rings. The van der Waals surface area contributed by atoms with Gasteiger partial charge in [0.05, 0.1) is 0 Å². The largest absolute Gasteiger partial charge is 0.484 e. The molecule has 0 N–H and O–H groups in total. The minimum absolute atomic E-state index is 0.231. The van der Waals surface area contributed by atoms with Crippen molar-refractivity contribution in [1.29, 1.82) is 0 Å². The lowest BCUT2D eigenvalue weighted by molar-refractivity contribution is -0.153. The van der Waals surface area contributed by atoms with E-state index in [0.717, 1.165) is 0 Å². The summed E-state index contributed by atoms with van der Waals surface area (Å²) in [6, 6.07) is 7.90. The molecule has 0 spiro atoms. The highest BCUT2D eigenvalue weighted by atomic mass is 36.0. The zero-order chi connectivity index (χ0) is 13.5. The SMILES string of the molecule is FC(F)(F)COc1ccccc1.O=S(=O)(Cl)Cl. The lowest BCUT2D eigenvalue weighted by Gasteiger charge is -2.07. The molecule has 0 amide bonds. The molecule has 98 valence electrons. The molecule has 9 heteroatoms. The fraction of sp³-hybridized carbons (Fsp3) is 0.250. The van der Waals surface area contributed by atoms with E-state index in [0.29, 0.717) is 0 Å². The Labute approximate surface area is 105 Å². The monoisotopic (exact) mass is 310 g/mol. The van der Waals surface area contributed by atoms with E-state index in [1.807, 2.05) is 0 Å². The van der Waals surface area contributed by atoms with Crippen LogP contribution in [-0.2, 0) is 8.26 Å². The Morgan fingerprint density at radius 2 is 1.53 bits per heavy atom. The molecule has 0 bridgehead atoms. The lowest BCUT2D eigenvalue weighted by Crippen LogP contribution is -2.19. The molecule has 3 nitrogen and oxygen atoms in total. The number of benzene rings is 1. The Kier molecular flexibility index (Phi) is 6.66. The second-order valence-corrected chi connectivity index (χ2v) is 6.26.